The zero-order valence-corrected chi connectivity index (χ0v) is 8.65. The van der Waals surface area contributed by atoms with Crippen molar-refractivity contribution >= 4 is 30.2 Å². The lowest BCUT2D eigenvalue weighted by atomic mass is 10.2. The first kappa shape index (κ1) is 11.6. The Hall–Kier alpha value is -2.44. The number of nitrogens with two attached hydrogens (primary N) is 1. The van der Waals surface area contributed by atoms with Gasteiger partial charge in [0.2, 0.25) is 5.90 Å². The lowest BCUT2D eigenvalue weighted by Gasteiger charge is -2.07. The molecule has 0 bridgehead atoms. The maximum absolute atomic E-state index is 10.9. The number of aliphatic imine (C=N–C) groups is 1. The second-order valence-corrected chi connectivity index (χ2v) is 2.78. The number of carbonyl (C=O) groups is 1. The van der Waals surface area contributed by atoms with Crippen LogP contribution in [0, 0.1) is 5.41 Å². The van der Waals surface area contributed by atoms with Crippen molar-refractivity contribution in [3.05, 3.63) is 17.8 Å². The highest BCUT2D eigenvalue weighted by atomic mass is 16.5. The number of ether oxygens (including phenoxy) is 1. The maximum Gasteiger partial charge on any atom is 0.345 e. The van der Waals surface area contributed by atoms with Gasteiger partial charge in [0.05, 0.1) is 12.7 Å². The summed E-state index contributed by atoms with van der Waals surface area (Å²) in [6, 6.07) is 0.785. The molecule has 1 heterocycles. The van der Waals surface area contributed by atoms with Gasteiger partial charge in [0.1, 0.15) is 5.82 Å². The van der Waals surface area contributed by atoms with E-state index in [0.29, 0.717) is 5.56 Å². The van der Waals surface area contributed by atoms with Crippen LogP contribution in [0.15, 0.2) is 17.3 Å². The molecule has 0 fully saturated rings. The minimum Gasteiger partial charge on any atom is -0.481 e. The van der Waals surface area contributed by atoms with Crippen molar-refractivity contribution in [1.29, 1.82) is 5.41 Å². The van der Waals surface area contributed by atoms with Gasteiger partial charge in [-0.2, -0.15) is 0 Å². The van der Waals surface area contributed by atoms with Crippen LogP contribution >= 0.6 is 0 Å². The van der Waals surface area contributed by atoms with Crippen LogP contribution in [0.2, 0.25) is 0 Å². The van der Waals surface area contributed by atoms with E-state index in [1.54, 1.807) is 0 Å². The van der Waals surface area contributed by atoms with Crippen LogP contribution in [0.1, 0.15) is 5.56 Å². The number of rotatable bonds is 2. The van der Waals surface area contributed by atoms with Crippen LogP contribution in [0.5, 0.6) is 0 Å². The standard InChI is InChI=1S/C9H11N5O2/c1-12-9(15)14-7-3-6(10)5(4-13-7)8(11)16-2/h3-4,11H,1H2,2H3,(H3,10,13,14,15). The first-order valence-corrected chi connectivity index (χ1v) is 4.24. The Bertz CT molecular complexity index is 444. The molecular weight excluding hydrogens is 210 g/mol. The molecule has 84 valence electrons. The predicted octanol–water partition coefficient (Wildman–Crippen LogP) is 0.868. The second-order valence-electron chi connectivity index (χ2n) is 2.78. The molecule has 1 rings (SSSR count). The van der Waals surface area contributed by atoms with Crippen LogP contribution in [0.25, 0.3) is 0 Å². The molecule has 0 aliphatic heterocycles. The molecule has 0 aliphatic carbocycles. The highest BCUT2D eigenvalue weighted by Crippen LogP contribution is 2.15. The summed E-state index contributed by atoms with van der Waals surface area (Å²) < 4.78 is 4.71. The summed E-state index contributed by atoms with van der Waals surface area (Å²) in [5.74, 6) is 0.146. The maximum atomic E-state index is 10.9. The number of aromatic nitrogens is 1. The van der Waals surface area contributed by atoms with Gasteiger partial charge < -0.3 is 10.5 Å². The number of urea groups is 1. The van der Waals surface area contributed by atoms with Gasteiger partial charge in [0, 0.05) is 18.0 Å². The van der Waals surface area contributed by atoms with E-state index in [2.05, 4.69) is 22.0 Å². The van der Waals surface area contributed by atoms with Crippen LogP contribution < -0.4 is 11.1 Å². The van der Waals surface area contributed by atoms with Crippen LogP contribution in [0.4, 0.5) is 16.3 Å². The molecule has 2 amide bonds. The van der Waals surface area contributed by atoms with Crippen LogP contribution in [-0.4, -0.2) is 30.7 Å². The number of anilines is 2. The average Bonchev–Trinajstić information content (AvgIpc) is 2.28. The van der Waals surface area contributed by atoms with Gasteiger partial charge in [-0.1, -0.05) is 0 Å². The average molecular weight is 221 g/mol. The molecule has 7 heteroatoms. The van der Waals surface area contributed by atoms with E-state index in [9.17, 15) is 4.79 Å². The molecular formula is C9H11N5O2. The van der Waals surface area contributed by atoms with E-state index in [4.69, 9.17) is 15.9 Å². The summed E-state index contributed by atoms with van der Waals surface area (Å²) >= 11 is 0. The normalized spacial score (nSPS) is 9.31. The third-order valence-corrected chi connectivity index (χ3v) is 1.76. The van der Waals surface area contributed by atoms with Gasteiger partial charge in [0.15, 0.2) is 0 Å². The molecule has 0 saturated carbocycles. The Balaban J connectivity index is 2.95. The lowest BCUT2D eigenvalue weighted by Crippen LogP contribution is -2.10. The van der Waals surface area contributed by atoms with Crippen molar-refractivity contribution in [1.82, 2.24) is 4.98 Å². The molecule has 0 atom stereocenters. The number of methoxy groups -OCH3 is 1. The summed E-state index contributed by atoms with van der Waals surface area (Å²) in [5, 5.41) is 9.76. The van der Waals surface area contributed by atoms with Crippen LogP contribution in [0.3, 0.4) is 0 Å². The van der Waals surface area contributed by atoms with Gasteiger partial charge in [-0.3, -0.25) is 10.7 Å². The molecule has 0 aliphatic rings. The minimum atomic E-state index is -0.624. The highest BCUT2D eigenvalue weighted by molar-refractivity contribution is 5.98. The zero-order chi connectivity index (χ0) is 12.1. The molecule has 1 aromatic heterocycles. The Morgan fingerprint density at radius 2 is 2.44 bits per heavy atom. The molecule has 7 nitrogen and oxygen atoms in total. The molecule has 0 spiro atoms. The summed E-state index contributed by atoms with van der Waals surface area (Å²) in [5.41, 5.74) is 6.29. The van der Waals surface area contributed by atoms with Gasteiger partial charge in [-0.05, 0) is 6.72 Å². The van der Waals surface area contributed by atoms with Gasteiger partial charge in [-0.15, -0.1) is 0 Å². The molecule has 16 heavy (non-hydrogen) atoms. The Labute approximate surface area is 91.9 Å². The molecule has 4 N–H and O–H groups in total. The van der Waals surface area contributed by atoms with E-state index in [1.165, 1.54) is 19.4 Å². The Morgan fingerprint density at radius 1 is 1.75 bits per heavy atom. The number of carbonyl (C=O) groups excluding carboxylic acids is 1. The van der Waals surface area contributed by atoms with E-state index in [-0.39, 0.29) is 17.4 Å². The van der Waals surface area contributed by atoms with Gasteiger partial charge >= 0.3 is 6.03 Å². The fourth-order valence-corrected chi connectivity index (χ4v) is 0.988. The predicted molar refractivity (Wildman–Crippen MR) is 61.1 cm³/mol. The number of nitrogen functional groups attached to an aromatic ring is 1. The fraction of sp³-hybridized carbons (Fsp3) is 0.111. The SMILES string of the molecule is C=NC(=O)Nc1cc(N)c(C(=N)OC)cn1. The third kappa shape index (κ3) is 2.53. The highest BCUT2D eigenvalue weighted by Gasteiger charge is 2.08. The number of pyridine rings is 1. The molecule has 1 aromatic rings. The first-order valence-electron chi connectivity index (χ1n) is 4.24. The number of hydrogen-bond acceptors (Lipinski definition) is 5. The molecule has 0 radical (unpaired) electrons. The first-order chi connectivity index (χ1) is 7.58. The van der Waals surface area contributed by atoms with Crippen molar-refractivity contribution in [2.75, 3.05) is 18.2 Å². The van der Waals surface area contributed by atoms with Gasteiger partial charge in [-0.25, -0.2) is 14.8 Å². The number of nitrogens with zero attached hydrogens (tertiary/aromatic N) is 2. The summed E-state index contributed by atoms with van der Waals surface area (Å²) in [6.07, 6.45) is 1.33. The van der Waals surface area contributed by atoms with Crippen molar-refractivity contribution in [3.63, 3.8) is 0 Å². The topological polar surface area (TPSA) is 113 Å². The summed E-state index contributed by atoms with van der Waals surface area (Å²) in [7, 11) is 1.36. The van der Waals surface area contributed by atoms with E-state index >= 15 is 0 Å². The van der Waals surface area contributed by atoms with E-state index < -0.39 is 6.03 Å². The second kappa shape index (κ2) is 4.87. The molecule has 0 unspecified atom stereocenters. The number of nitrogens with one attached hydrogen (secondary N) is 2. The Morgan fingerprint density at radius 3 is 2.94 bits per heavy atom. The quantitative estimate of drug-likeness (QED) is 0.507. The van der Waals surface area contributed by atoms with Crippen molar-refractivity contribution in [2.45, 2.75) is 0 Å². The zero-order valence-electron chi connectivity index (χ0n) is 8.65. The van der Waals surface area contributed by atoms with E-state index in [1.807, 2.05) is 0 Å². The largest absolute Gasteiger partial charge is 0.481 e. The number of hydrogen-bond donors (Lipinski definition) is 3. The summed E-state index contributed by atoms with van der Waals surface area (Å²) in [4.78, 5) is 17.9. The van der Waals surface area contributed by atoms with Crippen molar-refractivity contribution < 1.29 is 9.53 Å². The lowest BCUT2D eigenvalue weighted by molar-refractivity contribution is 0.259. The number of amides is 2. The summed E-state index contributed by atoms with van der Waals surface area (Å²) in [6.45, 7) is 3.06. The Kier molecular flexibility index (Phi) is 3.54. The fourth-order valence-electron chi connectivity index (χ4n) is 0.988. The van der Waals surface area contributed by atoms with Crippen molar-refractivity contribution in [3.8, 4) is 0 Å². The minimum absolute atomic E-state index is 0.0928. The van der Waals surface area contributed by atoms with Crippen LogP contribution in [-0.2, 0) is 4.74 Å². The molecule has 0 saturated heterocycles. The monoisotopic (exact) mass is 221 g/mol. The van der Waals surface area contributed by atoms with Crippen molar-refractivity contribution in [2.24, 2.45) is 4.99 Å². The molecule has 0 aromatic carbocycles. The van der Waals surface area contributed by atoms with E-state index in [0.717, 1.165) is 0 Å². The van der Waals surface area contributed by atoms with Gasteiger partial charge in [0.25, 0.3) is 0 Å². The smallest absolute Gasteiger partial charge is 0.345 e. The third-order valence-electron chi connectivity index (χ3n) is 1.76.